The second-order valence-corrected chi connectivity index (χ2v) is 8.59. The van der Waals surface area contributed by atoms with Crippen molar-refractivity contribution in [3.05, 3.63) is 11.1 Å². The van der Waals surface area contributed by atoms with Crippen molar-refractivity contribution >= 4 is 38.5 Å². The van der Waals surface area contributed by atoms with E-state index >= 15 is 0 Å². The van der Waals surface area contributed by atoms with Crippen LogP contribution in [0.3, 0.4) is 0 Å². The molecule has 0 saturated carbocycles. The van der Waals surface area contributed by atoms with Crippen molar-refractivity contribution in [2.45, 2.75) is 26.0 Å². The fraction of sp³-hybridized carbons (Fsp3) is 0.615. The van der Waals surface area contributed by atoms with Crippen LogP contribution in [-0.2, 0) is 14.3 Å². The summed E-state index contributed by atoms with van der Waals surface area (Å²) >= 11 is 1.25. The van der Waals surface area contributed by atoms with E-state index in [9.17, 15) is 18.0 Å². The third-order valence-electron chi connectivity index (χ3n) is 4.05. The normalized spacial score (nSPS) is 18.3. The topological polar surface area (TPSA) is 120 Å². The molecule has 0 radical (unpaired) electrons. The Morgan fingerprint density at radius 3 is 2.50 bits per heavy atom. The van der Waals surface area contributed by atoms with Crippen LogP contribution in [0.15, 0.2) is 5.38 Å². The van der Waals surface area contributed by atoms with E-state index in [1.54, 1.807) is 24.1 Å². The van der Waals surface area contributed by atoms with E-state index in [1.165, 1.54) is 18.4 Å². The Morgan fingerprint density at radius 1 is 1.46 bits per heavy atom. The number of nitrogens with zero attached hydrogens (tertiary/aromatic N) is 3. The van der Waals surface area contributed by atoms with E-state index < -0.39 is 32.6 Å². The number of aromatic nitrogens is 1. The number of hydrogen-bond acceptors (Lipinski definition) is 8. The van der Waals surface area contributed by atoms with Crippen LogP contribution in [0, 0.1) is 0 Å². The van der Waals surface area contributed by atoms with Crippen molar-refractivity contribution in [3.63, 3.8) is 0 Å². The molecule has 1 aliphatic rings. The van der Waals surface area contributed by atoms with Crippen molar-refractivity contribution < 1.29 is 26.7 Å². The molecule has 3 amide bonds. The number of quaternary nitrogens is 1. The largest absolute Gasteiger partial charge is 0.421 e. The zero-order valence-electron chi connectivity index (χ0n) is 13.9. The maximum absolute atomic E-state index is 12.6. The summed E-state index contributed by atoms with van der Waals surface area (Å²) in [5, 5.41) is 2.15. The predicted octanol–water partition coefficient (Wildman–Crippen LogP) is 0.382. The fourth-order valence-corrected chi connectivity index (χ4v) is 3.67. The number of primary amides is 1. The quantitative estimate of drug-likeness (QED) is 0.582. The van der Waals surface area contributed by atoms with Gasteiger partial charge in [0.25, 0.3) is 10.1 Å². The first kappa shape index (κ1) is 18.8. The smallest absolute Gasteiger partial charge is 0.343 e. The highest BCUT2D eigenvalue weighted by molar-refractivity contribution is 7.86. The average molecular weight is 377 g/mol. The molecule has 1 fully saturated rings. The molecule has 1 atom stereocenters. The van der Waals surface area contributed by atoms with E-state index in [-0.39, 0.29) is 11.7 Å². The monoisotopic (exact) mass is 377 g/mol. The Hall–Kier alpha value is -1.56. The lowest BCUT2D eigenvalue weighted by Crippen LogP contribution is -2.60. The molecule has 1 aliphatic heterocycles. The Balaban J connectivity index is 2.09. The van der Waals surface area contributed by atoms with Crippen molar-refractivity contribution in [2.24, 2.45) is 5.73 Å². The maximum atomic E-state index is 12.6. The standard InChI is InChI=1S/C13H20N4O5S2/c1-8(2)17(3,12(14)19)11(18)10-7-23-13(15-10)16-5-9(6-16)22-24(4,20)21/h7-9H,5-6H2,1-4H3,(H-,14,19)/p+1. The maximum Gasteiger partial charge on any atom is 0.421 e. The molecule has 0 bridgehead atoms. The van der Waals surface area contributed by atoms with Crippen LogP contribution in [0.2, 0.25) is 0 Å². The van der Waals surface area contributed by atoms with E-state index in [2.05, 4.69) is 4.98 Å². The Morgan fingerprint density at radius 2 is 2.04 bits per heavy atom. The third kappa shape index (κ3) is 3.58. The minimum Gasteiger partial charge on any atom is -0.343 e. The van der Waals surface area contributed by atoms with Gasteiger partial charge >= 0.3 is 11.9 Å². The molecule has 2 heterocycles. The lowest BCUT2D eigenvalue weighted by atomic mass is 10.2. The van der Waals surface area contributed by atoms with Gasteiger partial charge in [0.05, 0.1) is 19.3 Å². The highest BCUT2D eigenvalue weighted by atomic mass is 32.2. The number of imide groups is 1. The molecule has 2 N–H and O–H groups in total. The summed E-state index contributed by atoms with van der Waals surface area (Å²) < 4.78 is 26.4. The molecular weight excluding hydrogens is 356 g/mol. The first-order valence-electron chi connectivity index (χ1n) is 7.25. The van der Waals surface area contributed by atoms with Crippen molar-refractivity contribution in [1.82, 2.24) is 4.98 Å². The van der Waals surface area contributed by atoms with E-state index in [1.807, 2.05) is 0 Å². The van der Waals surface area contributed by atoms with E-state index in [4.69, 9.17) is 9.92 Å². The molecule has 0 aromatic carbocycles. The van der Waals surface area contributed by atoms with Crippen LogP contribution in [0.1, 0.15) is 24.3 Å². The average Bonchev–Trinajstić information content (AvgIpc) is 2.88. The van der Waals surface area contributed by atoms with Gasteiger partial charge in [-0.1, -0.05) is 0 Å². The second kappa shape index (κ2) is 6.39. The summed E-state index contributed by atoms with van der Waals surface area (Å²) in [6, 6.07) is -1.06. The first-order valence-corrected chi connectivity index (χ1v) is 9.94. The summed E-state index contributed by atoms with van der Waals surface area (Å²) in [6.45, 7) is 4.22. The van der Waals surface area contributed by atoms with Gasteiger partial charge in [0, 0.05) is 18.5 Å². The number of anilines is 1. The molecule has 24 heavy (non-hydrogen) atoms. The van der Waals surface area contributed by atoms with Gasteiger partial charge < -0.3 is 10.6 Å². The third-order valence-corrected chi connectivity index (χ3v) is 5.58. The second-order valence-electron chi connectivity index (χ2n) is 6.16. The summed E-state index contributed by atoms with van der Waals surface area (Å²) in [5.74, 6) is -0.468. The summed E-state index contributed by atoms with van der Waals surface area (Å²) in [6.07, 6.45) is 0.593. The number of nitrogens with two attached hydrogens (primary N) is 1. The number of hydrogen-bond donors (Lipinski definition) is 1. The minimum atomic E-state index is -3.49. The molecule has 2 rings (SSSR count). The fourth-order valence-electron chi connectivity index (χ4n) is 2.24. The lowest BCUT2D eigenvalue weighted by molar-refractivity contribution is -0.768. The Bertz CT molecular complexity index is 754. The molecule has 9 nitrogen and oxygen atoms in total. The zero-order chi connectivity index (χ0) is 18.3. The van der Waals surface area contributed by atoms with Crippen molar-refractivity contribution in [2.75, 3.05) is 31.3 Å². The number of carbonyl (C=O) groups is 2. The van der Waals surface area contributed by atoms with Crippen LogP contribution in [0.5, 0.6) is 0 Å². The molecule has 0 spiro atoms. The van der Waals surface area contributed by atoms with Gasteiger partial charge in [-0.15, -0.1) is 11.3 Å². The summed E-state index contributed by atoms with van der Waals surface area (Å²) in [5.41, 5.74) is 5.56. The summed E-state index contributed by atoms with van der Waals surface area (Å²) in [7, 11) is -2.02. The first-order chi connectivity index (χ1) is 10.9. The molecule has 1 unspecified atom stereocenters. The molecule has 1 saturated heterocycles. The van der Waals surface area contributed by atoms with Crippen LogP contribution in [0.25, 0.3) is 0 Å². The van der Waals surface area contributed by atoms with Crippen molar-refractivity contribution in [1.29, 1.82) is 0 Å². The predicted molar refractivity (Wildman–Crippen MR) is 89.3 cm³/mol. The lowest BCUT2D eigenvalue weighted by Gasteiger charge is -2.37. The molecule has 0 aliphatic carbocycles. The minimum absolute atomic E-state index is 0.164. The van der Waals surface area contributed by atoms with E-state index in [0.29, 0.717) is 18.2 Å². The highest BCUT2D eigenvalue weighted by Crippen LogP contribution is 2.28. The number of thiazole rings is 1. The number of carbonyl (C=O) groups excluding carboxylic acids is 2. The van der Waals surface area contributed by atoms with Crippen LogP contribution >= 0.6 is 11.3 Å². The van der Waals surface area contributed by atoms with Gasteiger partial charge in [-0.3, -0.25) is 4.18 Å². The van der Waals surface area contributed by atoms with Crippen LogP contribution in [-0.4, -0.2) is 68.4 Å². The van der Waals surface area contributed by atoms with Crippen molar-refractivity contribution in [3.8, 4) is 0 Å². The van der Waals surface area contributed by atoms with Crippen LogP contribution in [0.4, 0.5) is 9.93 Å². The van der Waals surface area contributed by atoms with Crippen LogP contribution < -0.4 is 10.6 Å². The number of urea groups is 1. The number of rotatable bonds is 5. The van der Waals surface area contributed by atoms with Gasteiger partial charge in [-0.25, -0.2) is 14.6 Å². The van der Waals surface area contributed by atoms with Gasteiger partial charge in [0.1, 0.15) is 6.10 Å². The zero-order valence-corrected chi connectivity index (χ0v) is 15.6. The van der Waals surface area contributed by atoms with Gasteiger partial charge in [-0.05, 0) is 13.8 Å². The van der Waals surface area contributed by atoms with E-state index in [0.717, 1.165) is 6.26 Å². The molecular formula is C13H21N4O5S2+. The molecule has 11 heteroatoms. The van der Waals surface area contributed by atoms with Gasteiger partial charge in [0.2, 0.25) is 0 Å². The Kier molecular flexibility index (Phi) is 5.00. The molecule has 134 valence electrons. The molecule has 1 aromatic heterocycles. The van der Waals surface area contributed by atoms with Gasteiger partial charge in [-0.2, -0.15) is 12.9 Å². The number of amides is 3. The van der Waals surface area contributed by atoms with Gasteiger partial charge in [0.15, 0.2) is 10.8 Å². The SMILES string of the molecule is CC(C)[N+](C)(C(N)=O)C(=O)c1csc(N2CC(OS(C)(=O)=O)C2)n1. The summed E-state index contributed by atoms with van der Waals surface area (Å²) in [4.78, 5) is 30.4. The highest BCUT2D eigenvalue weighted by Gasteiger charge is 2.44. The molecule has 1 aromatic rings. The Labute approximate surface area is 144 Å².